The monoisotopic (exact) mass is 402 g/mol. The largest absolute Gasteiger partial charge is 0.508 e. The highest BCUT2D eigenvalue weighted by atomic mass is 16.3. The van der Waals surface area contributed by atoms with E-state index in [1.54, 1.807) is 18.2 Å². The van der Waals surface area contributed by atoms with Crippen molar-refractivity contribution in [2.45, 2.75) is 57.8 Å². The van der Waals surface area contributed by atoms with Gasteiger partial charge in [0.1, 0.15) is 17.2 Å². The summed E-state index contributed by atoms with van der Waals surface area (Å²) in [5.74, 6) is 1.46. The molecule has 0 spiro atoms. The fourth-order valence-corrected chi connectivity index (χ4v) is 4.61. The summed E-state index contributed by atoms with van der Waals surface area (Å²) in [4.78, 5) is 0. The summed E-state index contributed by atoms with van der Waals surface area (Å²) in [6, 6.07) is 17.2. The topological polar surface area (TPSA) is 60.7 Å². The molecule has 1 saturated carbocycles. The molecule has 3 N–H and O–H groups in total. The highest BCUT2D eigenvalue weighted by Gasteiger charge is 2.19. The lowest BCUT2D eigenvalue weighted by atomic mass is 9.82. The van der Waals surface area contributed by atoms with E-state index in [2.05, 4.69) is 12.1 Å². The predicted molar refractivity (Wildman–Crippen MR) is 120 cm³/mol. The first-order valence-corrected chi connectivity index (χ1v) is 10.9. The second-order valence-electron chi connectivity index (χ2n) is 8.66. The van der Waals surface area contributed by atoms with Crippen molar-refractivity contribution in [2.24, 2.45) is 0 Å². The molecule has 3 aromatic rings. The zero-order valence-electron chi connectivity index (χ0n) is 17.6. The Morgan fingerprint density at radius 3 is 1.97 bits per heavy atom. The third-order valence-corrected chi connectivity index (χ3v) is 6.35. The zero-order chi connectivity index (χ0) is 21.1. The Morgan fingerprint density at radius 2 is 1.33 bits per heavy atom. The SMILES string of the molecule is Cc1cc(Cc2cc(C3CCCCC3)cc(Cc3ccc(O)cc3)c2O)ccc1O. The normalized spacial score (nSPS) is 14.7. The number of phenols is 3. The fourth-order valence-electron chi connectivity index (χ4n) is 4.61. The molecule has 0 bridgehead atoms. The van der Waals surface area contributed by atoms with Gasteiger partial charge in [-0.3, -0.25) is 0 Å². The lowest BCUT2D eigenvalue weighted by Crippen LogP contribution is -2.07. The van der Waals surface area contributed by atoms with Crippen LogP contribution in [-0.4, -0.2) is 15.3 Å². The lowest BCUT2D eigenvalue weighted by molar-refractivity contribution is 0.439. The average Bonchev–Trinajstić information content (AvgIpc) is 2.75. The van der Waals surface area contributed by atoms with Crippen molar-refractivity contribution in [3.63, 3.8) is 0 Å². The van der Waals surface area contributed by atoms with Crippen LogP contribution in [0.25, 0.3) is 0 Å². The van der Waals surface area contributed by atoms with Crippen LogP contribution >= 0.6 is 0 Å². The zero-order valence-corrected chi connectivity index (χ0v) is 17.6. The van der Waals surface area contributed by atoms with E-state index in [0.717, 1.165) is 27.8 Å². The van der Waals surface area contributed by atoms with Gasteiger partial charge < -0.3 is 15.3 Å². The molecule has 0 aliphatic heterocycles. The molecule has 156 valence electrons. The van der Waals surface area contributed by atoms with Gasteiger partial charge >= 0.3 is 0 Å². The van der Waals surface area contributed by atoms with E-state index in [4.69, 9.17) is 0 Å². The number of aryl methyl sites for hydroxylation is 1. The maximum atomic E-state index is 11.1. The van der Waals surface area contributed by atoms with E-state index in [0.29, 0.717) is 30.3 Å². The highest BCUT2D eigenvalue weighted by Crippen LogP contribution is 2.38. The molecular weight excluding hydrogens is 372 g/mol. The lowest BCUT2D eigenvalue weighted by Gasteiger charge is -2.24. The first-order chi connectivity index (χ1) is 14.5. The minimum atomic E-state index is 0.252. The van der Waals surface area contributed by atoms with Gasteiger partial charge in [-0.25, -0.2) is 0 Å². The van der Waals surface area contributed by atoms with Crippen molar-refractivity contribution in [2.75, 3.05) is 0 Å². The number of hydrogen-bond acceptors (Lipinski definition) is 3. The molecular formula is C27H30O3. The summed E-state index contributed by atoms with van der Waals surface area (Å²) in [7, 11) is 0. The van der Waals surface area contributed by atoms with Gasteiger partial charge in [-0.1, -0.05) is 55.7 Å². The number of aromatic hydroxyl groups is 3. The Bertz CT molecular complexity index is 1020. The van der Waals surface area contributed by atoms with Gasteiger partial charge in [0.25, 0.3) is 0 Å². The molecule has 0 aromatic heterocycles. The Balaban J connectivity index is 1.71. The summed E-state index contributed by atoms with van der Waals surface area (Å²) >= 11 is 0. The molecule has 0 radical (unpaired) electrons. The van der Waals surface area contributed by atoms with E-state index >= 15 is 0 Å². The minimum Gasteiger partial charge on any atom is -0.508 e. The standard InChI is InChI=1S/C27H30O3/c1-18-13-20(9-12-26(18)29)15-24-17-22(21-5-3-2-4-6-21)16-23(27(24)30)14-19-7-10-25(28)11-8-19/h7-13,16-17,21,28-30H,2-6,14-15H2,1H3. The van der Waals surface area contributed by atoms with Crippen LogP contribution in [0.15, 0.2) is 54.6 Å². The van der Waals surface area contributed by atoms with Crippen LogP contribution in [-0.2, 0) is 12.8 Å². The van der Waals surface area contributed by atoms with Crippen molar-refractivity contribution in [3.8, 4) is 17.2 Å². The predicted octanol–water partition coefficient (Wildman–Crippen LogP) is 6.34. The van der Waals surface area contributed by atoms with Gasteiger partial charge in [-0.15, -0.1) is 0 Å². The van der Waals surface area contributed by atoms with Gasteiger partial charge in [0.2, 0.25) is 0 Å². The third-order valence-electron chi connectivity index (χ3n) is 6.35. The van der Waals surface area contributed by atoms with E-state index in [-0.39, 0.29) is 5.75 Å². The minimum absolute atomic E-state index is 0.252. The second kappa shape index (κ2) is 8.83. The van der Waals surface area contributed by atoms with Gasteiger partial charge in [0, 0.05) is 12.8 Å². The Kier molecular flexibility index (Phi) is 5.98. The average molecular weight is 403 g/mol. The van der Waals surface area contributed by atoms with Crippen LogP contribution in [0.2, 0.25) is 0 Å². The molecule has 0 unspecified atom stereocenters. The van der Waals surface area contributed by atoms with Crippen LogP contribution in [0, 0.1) is 6.92 Å². The molecule has 30 heavy (non-hydrogen) atoms. The quantitative estimate of drug-likeness (QED) is 0.466. The molecule has 0 atom stereocenters. The third kappa shape index (κ3) is 4.62. The van der Waals surface area contributed by atoms with Crippen molar-refractivity contribution in [3.05, 3.63) is 88.0 Å². The van der Waals surface area contributed by atoms with E-state index < -0.39 is 0 Å². The number of phenolic OH excluding ortho intramolecular Hbond substituents is 3. The second-order valence-corrected chi connectivity index (χ2v) is 8.66. The molecule has 0 saturated heterocycles. The van der Waals surface area contributed by atoms with Crippen molar-refractivity contribution >= 4 is 0 Å². The van der Waals surface area contributed by atoms with Gasteiger partial charge in [0.15, 0.2) is 0 Å². The highest BCUT2D eigenvalue weighted by molar-refractivity contribution is 5.49. The molecule has 0 amide bonds. The van der Waals surface area contributed by atoms with Gasteiger partial charge in [-0.2, -0.15) is 0 Å². The van der Waals surface area contributed by atoms with Crippen LogP contribution < -0.4 is 0 Å². The summed E-state index contributed by atoms with van der Waals surface area (Å²) in [6.07, 6.45) is 7.54. The maximum Gasteiger partial charge on any atom is 0.122 e. The fraction of sp³-hybridized carbons (Fsp3) is 0.333. The summed E-state index contributed by atoms with van der Waals surface area (Å²) < 4.78 is 0. The molecule has 3 nitrogen and oxygen atoms in total. The van der Waals surface area contributed by atoms with Crippen molar-refractivity contribution < 1.29 is 15.3 Å². The summed E-state index contributed by atoms with van der Waals surface area (Å²) in [5, 5.41) is 30.5. The van der Waals surface area contributed by atoms with Crippen LogP contribution in [0.5, 0.6) is 17.2 Å². The van der Waals surface area contributed by atoms with Crippen LogP contribution in [0.4, 0.5) is 0 Å². The van der Waals surface area contributed by atoms with E-state index in [9.17, 15) is 15.3 Å². The summed E-state index contributed by atoms with van der Waals surface area (Å²) in [5.41, 5.74) is 6.20. The Morgan fingerprint density at radius 1 is 0.733 bits per heavy atom. The molecule has 0 heterocycles. The van der Waals surface area contributed by atoms with Gasteiger partial charge in [-0.05, 0) is 77.3 Å². The summed E-state index contributed by atoms with van der Waals surface area (Å²) in [6.45, 7) is 1.90. The number of benzene rings is 3. The molecule has 1 fully saturated rings. The Hall–Kier alpha value is -2.94. The maximum absolute atomic E-state index is 11.1. The molecule has 3 heteroatoms. The first-order valence-electron chi connectivity index (χ1n) is 10.9. The van der Waals surface area contributed by atoms with E-state index in [1.807, 2.05) is 31.2 Å². The van der Waals surface area contributed by atoms with Crippen LogP contribution in [0.1, 0.15) is 71.4 Å². The number of hydrogen-bond donors (Lipinski definition) is 3. The molecule has 3 aromatic carbocycles. The molecule has 4 rings (SSSR count). The van der Waals surface area contributed by atoms with Crippen molar-refractivity contribution in [1.82, 2.24) is 0 Å². The van der Waals surface area contributed by atoms with Crippen LogP contribution in [0.3, 0.4) is 0 Å². The molecule has 1 aliphatic rings. The van der Waals surface area contributed by atoms with E-state index in [1.165, 1.54) is 37.7 Å². The number of rotatable bonds is 5. The van der Waals surface area contributed by atoms with Crippen molar-refractivity contribution in [1.29, 1.82) is 0 Å². The smallest absolute Gasteiger partial charge is 0.122 e. The van der Waals surface area contributed by atoms with Gasteiger partial charge in [0.05, 0.1) is 0 Å². The Labute approximate surface area is 178 Å². The first kappa shape index (κ1) is 20.3. The molecule has 1 aliphatic carbocycles.